The lowest BCUT2D eigenvalue weighted by Gasteiger charge is -2.20. The van der Waals surface area contributed by atoms with E-state index in [-0.39, 0.29) is 0 Å². The van der Waals surface area contributed by atoms with Gasteiger partial charge in [-0.25, -0.2) is 0 Å². The highest BCUT2D eigenvalue weighted by atomic mass is 35.5. The molecule has 96 valence electrons. The second kappa shape index (κ2) is 7.70. The predicted molar refractivity (Wildman–Crippen MR) is 75.7 cm³/mol. The zero-order chi connectivity index (χ0) is 12.7. The molecule has 0 heterocycles. The third-order valence-corrected chi connectivity index (χ3v) is 3.39. The molecule has 0 radical (unpaired) electrons. The monoisotopic (exact) mass is 254 g/mol. The van der Waals surface area contributed by atoms with Crippen molar-refractivity contribution in [2.45, 2.75) is 26.8 Å². The maximum absolute atomic E-state index is 5.87. The van der Waals surface area contributed by atoms with Crippen molar-refractivity contribution in [3.8, 4) is 0 Å². The van der Waals surface area contributed by atoms with Crippen molar-refractivity contribution in [3.63, 3.8) is 0 Å². The van der Waals surface area contributed by atoms with Gasteiger partial charge in [0, 0.05) is 24.2 Å². The van der Waals surface area contributed by atoms with Gasteiger partial charge in [0.25, 0.3) is 0 Å². The molecule has 17 heavy (non-hydrogen) atoms. The molecule has 0 saturated heterocycles. The molecule has 0 saturated carbocycles. The molecule has 0 aliphatic heterocycles. The Morgan fingerprint density at radius 2 is 1.76 bits per heavy atom. The van der Waals surface area contributed by atoms with Crippen LogP contribution in [0.15, 0.2) is 24.3 Å². The van der Waals surface area contributed by atoms with E-state index in [4.69, 9.17) is 11.6 Å². The van der Waals surface area contributed by atoms with Crippen LogP contribution in [-0.4, -0.2) is 31.1 Å². The molecular formula is C14H23ClN2. The van der Waals surface area contributed by atoms with Crippen molar-refractivity contribution in [2.24, 2.45) is 0 Å². The van der Waals surface area contributed by atoms with Gasteiger partial charge < -0.3 is 10.2 Å². The molecule has 1 N–H and O–H groups in total. The average Bonchev–Trinajstić information content (AvgIpc) is 2.35. The molecule has 0 fully saturated rings. The molecule has 1 aromatic rings. The number of likely N-dealkylation sites (N-methyl/N-ethyl adjacent to an activating group) is 1. The van der Waals surface area contributed by atoms with Crippen LogP contribution in [0.1, 0.15) is 32.4 Å². The Hall–Kier alpha value is -0.570. The number of nitrogens with zero attached hydrogens (tertiary/aromatic N) is 1. The summed E-state index contributed by atoms with van der Waals surface area (Å²) in [5.74, 6) is 0. The van der Waals surface area contributed by atoms with Gasteiger partial charge in [0.2, 0.25) is 0 Å². The molecule has 1 aromatic carbocycles. The smallest absolute Gasteiger partial charge is 0.0406 e. The standard InChI is InChI=1S/C14H23ClN2/c1-4-17(5-2)11-10-16-12(3)13-6-8-14(15)9-7-13/h6-9,12,16H,4-5,10-11H2,1-3H3/t12-/m0/s1. The van der Waals surface area contributed by atoms with E-state index < -0.39 is 0 Å². The Morgan fingerprint density at radius 1 is 1.18 bits per heavy atom. The van der Waals surface area contributed by atoms with Crippen LogP contribution in [0.3, 0.4) is 0 Å². The van der Waals surface area contributed by atoms with Crippen molar-refractivity contribution in [2.75, 3.05) is 26.2 Å². The van der Waals surface area contributed by atoms with Gasteiger partial charge in [-0.2, -0.15) is 0 Å². The highest BCUT2D eigenvalue weighted by Gasteiger charge is 2.05. The van der Waals surface area contributed by atoms with Crippen molar-refractivity contribution >= 4 is 11.6 Å². The summed E-state index contributed by atoms with van der Waals surface area (Å²) < 4.78 is 0. The molecule has 0 aliphatic rings. The minimum atomic E-state index is 0.378. The minimum absolute atomic E-state index is 0.378. The molecule has 0 aromatic heterocycles. The molecule has 1 atom stereocenters. The number of nitrogens with one attached hydrogen (secondary N) is 1. The number of benzene rings is 1. The first-order chi connectivity index (χ1) is 8.17. The number of hydrogen-bond donors (Lipinski definition) is 1. The summed E-state index contributed by atoms with van der Waals surface area (Å²) in [6.45, 7) is 10.9. The van der Waals surface area contributed by atoms with Gasteiger partial charge in [-0.15, -0.1) is 0 Å². The minimum Gasteiger partial charge on any atom is -0.309 e. The van der Waals surface area contributed by atoms with E-state index in [1.807, 2.05) is 12.1 Å². The lowest BCUT2D eigenvalue weighted by atomic mass is 10.1. The van der Waals surface area contributed by atoms with E-state index in [9.17, 15) is 0 Å². The van der Waals surface area contributed by atoms with E-state index in [0.717, 1.165) is 31.2 Å². The van der Waals surface area contributed by atoms with Gasteiger partial charge in [-0.1, -0.05) is 37.6 Å². The topological polar surface area (TPSA) is 15.3 Å². The normalized spacial score (nSPS) is 13.0. The fourth-order valence-electron chi connectivity index (χ4n) is 1.85. The van der Waals surface area contributed by atoms with Crippen LogP contribution >= 0.6 is 11.6 Å². The maximum Gasteiger partial charge on any atom is 0.0406 e. The van der Waals surface area contributed by atoms with E-state index in [0.29, 0.717) is 6.04 Å². The third kappa shape index (κ3) is 5.07. The summed E-state index contributed by atoms with van der Waals surface area (Å²) in [6, 6.07) is 8.43. The lowest BCUT2D eigenvalue weighted by molar-refractivity contribution is 0.298. The highest BCUT2D eigenvalue weighted by Crippen LogP contribution is 2.15. The van der Waals surface area contributed by atoms with Crippen molar-refractivity contribution in [1.29, 1.82) is 0 Å². The van der Waals surface area contributed by atoms with Crippen molar-refractivity contribution in [1.82, 2.24) is 10.2 Å². The van der Waals surface area contributed by atoms with Crippen LogP contribution in [-0.2, 0) is 0 Å². The predicted octanol–water partition coefficient (Wildman–Crippen LogP) is 3.33. The molecule has 2 nitrogen and oxygen atoms in total. The first-order valence-electron chi connectivity index (χ1n) is 6.38. The molecule has 0 spiro atoms. The van der Waals surface area contributed by atoms with Crippen LogP contribution in [0.2, 0.25) is 5.02 Å². The van der Waals surface area contributed by atoms with Crippen molar-refractivity contribution in [3.05, 3.63) is 34.9 Å². The molecule has 1 rings (SSSR count). The molecule has 0 amide bonds. The van der Waals surface area contributed by atoms with Gasteiger partial charge in [-0.05, 0) is 37.7 Å². The average molecular weight is 255 g/mol. The second-order valence-corrected chi connectivity index (χ2v) is 4.69. The Balaban J connectivity index is 2.34. The number of hydrogen-bond acceptors (Lipinski definition) is 2. The summed E-state index contributed by atoms with van der Waals surface area (Å²) >= 11 is 5.87. The fourth-order valence-corrected chi connectivity index (χ4v) is 1.97. The Kier molecular flexibility index (Phi) is 6.56. The summed E-state index contributed by atoms with van der Waals surface area (Å²) in [7, 11) is 0. The first-order valence-corrected chi connectivity index (χ1v) is 6.76. The van der Waals surface area contributed by atoms with Crippen LogP contribution in [0.25, 0.3) is 0 Å². The van der Waals surface area contributed by atoms with Crippen LogP contribution in [0.4, 0.5) is 0 Å². The summed E-state index contributed by atoms with van der Waals surface area (Å²) in [6.07, 6.45) is 0. The Bertz CT molecular complexity index is 307. The number of halogens is 1. The third-order valence-electron chi connectivity index (χ3n) is 3.14. The molecule has 0 bridgehead atoms. The SMILES string of the molecule is CCN(CC)CCN[C@@H](C)c1ccc(Cl)cc1. The first kappa shape index (κ1) is 14.5. The van der Waals surface area contributed by atoms with E-state index in [1.54, 1.807) is 0 Å². The maximum atomic E-state index is 5.87. The molecular weight excluding hydrogens is 232 g/mol. The lowest BCUT2D eigenvalue weighted by Crippen LogP contribution is -2.32. The van der Waals surface area contributed by atoms with Crippen LogP contribution in [0.5, 0.6) is 0 Å². The Morgan fingerprint density at radius 3 is 2.29 bits per heavy atom. The van der Waals surface area contributed by atoms with Crippen molar-refractivity contribution < 1.29 is 0 Å². The van der Waals surface area contributed by atoms with Gasteiger partial charge in [0.15, 0.2) is 0 Å². The molecule has 3 heteroatoms. The second-order valence-electron chi connectivity index (χ2n) is 4.25. The summed E-state index contributed by atoms with van der Waals surface area (Å²) in [5.41, 5.74) is 1.29. The molecule has 0 aliphatic carbocycles. The summed E-state index contributed by atoms with van der Waals surface area (Å²) in [5, 5.41) is 4.33. The van der Waals surface area contributed by atoms with E-state index in [1.165, 1.54) is 5.56 Å². The highest BCUT2D eigenvalue weighted by molar-refractivity contribution is 6.30. The number of rotatable bonds is 7. The van der Waals surface area contributed by atoms with E-state index >= 15 is 0 Å². The largest absolute Gasteiger partial charge is 0.309 e. The zero-order valence-corrected chi connectivity index (χ0v) is 11.8. The van der Waals surface area contributed by atoms with Crippen LogP contribution in [0, 0.1) is 0 Å². The van der Waals surface area contributed by atoms with Gasteiger partial charge in [-0.3, -0.25) is 0 Å². The summed E-state index contributed by atoms with van der Waals surface area (Å²) in [4.78, 5) is 2.42. The Labute approximate surface area is 110 Å². The van der Waals surface area contributed by atoms with E-state index in [2.05, 4.69) is 43.1 Å². The quantitative estimate of drug-likeness (QED) is 0.803. The van der Waals surface area contributed by atoms with Crippen LogP contribution < -0.4 is 5.32 Å². The van der Waals surface area contributed by atoms with Gasteiger partial charge in [0.1, 0.15) is 0 Å². The zero-order valence-electron chi connectivity index (χ0n) is 11.0. The van der Waals surface area contributed by atoms with Gasteiger partial charge >= 0.3 is 0 Å². The molecule has 0 unspecified atom stereocenters. The fraction of sp³-hybridized carbons (Fsp3) is 0.571. The van der Waals surface area contributed by atoms with Gasteiger partial charge in [0.05, 0.1) is 0 Å².